The van der Waals surface area contributed by atoms with E-state index >= 15 is 0 Å². The van der Waals surface area contributed by atoms with Crippen molar-refractivity contribution in [1.29, 1.82) is 0 Å². The van der Waals surface area contributed by atoms with Gasteiger partial charge in [-0.05, 0) is 91.7 Å². The molecule has 0 saturated carbocycles. The van der Waals surface area contributed by atoms with Gasteiger partial charge in [-0.3, -0.25) is 9.59 Å². The van der Waals surface area contributed by atoms with Gasteiger partial charge in [0.2, 0.25) is 0 Å². The molecule has 0 bridgehead atoms. The van der Waals surface area contributed by atoms with Crippen molar-refractivity contribution in [2.24, 2.45) is 7.05 Å². The van der Waals surface area contributed by atoms with E-state index in [1.54, 1.807) is 50.6 Å². The standard InChI is InChI=1S/C28H27FN4O3S/c1-6-30-27(34)18-8-10-21-22(14-18)28(35)33(5)31-25(21)23-15-20(32-37-7-2)9-11-24(23)36-26-16(3)12-19(29)13-17(26)4/h7-15,32H,2,6H2,1,3-5H3,(H,30,34). The quantitative estimate of drug-likeness (QED) is 0.274. The highest BCUT2D eigenvalue weighted by atomic mass is 32.2. The second-order valence-electron chi connectivity index (χ2n) is 8.47. The summed E-state index contributed by atoms with van der Waals surface area (Å²) in [5.74, 6) is 0.421. The van der Waals surface area contributed by atoms with Crippen LogP contribution in [0.1, 0.15) is 28.4 Å². The molecule has 2 N–H and O–H groups in total. The highest BCUT2D eigenvalue weighted by molar-refractivity contribution is 8.03. The van der Waals surface area contributed by atoms with Gasteiger partial charge in [0.15, 0.2) is 0 Å². The Bertz CT molecular complexity index is 1560. The van der Waals surface area contributed by atoms with Crippen LogP contribution in [0, 0.1) is 19.7 Å². The summed E-state index contributed by atoms with van der Waals surface area (Å²) in [6.45, 7) is 9.59. The average Bonchev–Trinajstić information content (AvgIpc) is 2.87. The summed E-state index contributed by atoms with van der Waals surface area (Å²) in [7, 11) is 1.56. The second-order valence-corrected chi connectivity index (χ2v) is 9.24. The highest BCUT2D eigenvalue weighted by Crippen LogP contribution is 2.39. The van der Waals surface area contributed by atoms with Crippen molar-refractivity contribution >= 4 is 34.3 Å². The first-order valence-corrected chi connectivity index (χ1v) is 12.5. The van der Waals surface area contributed by atoms with Crippen molar-refractivity contribution in [3.8, 4) is 22.8 Å². The summed E-state index contributed by atoms with van der Waals surface area (Å²) in [4.78, 5) is 25.5. The molecule has 0 atom stereocenters. The first-order chi connectivity index (χ1) is 17.7. The van der Waals surface area contributed by atoms with Gasteiger partial charge < -0.3 is 14.8 Å². The minimum Gasteiger partial charge on any atom is -0.456 e. The van der Waals surface area contributed by atoms with Gasteiger partial charge in [-0.2, -0.15) is 5.10 Å². The maximum absolute atomic E-state index is 13.9. The van der Waals surface area contributed by atoms with E-state index < -0.39 is 0 Å². The van der Waals surface area contributed by atoms with Gasteiger partial charge in [-0.15, -0.1) is 0 Å². The molecule has 0 fully saturated rings. The number of halogens is 1. The number of ether oxygens (including phenoxy) is 1. The molecule has 0 aliphatic rings. The Morgan fingerprint density at radius 2 is 1.86 bits per heavy atom. The lowest BCUT2D eigenvalue weighted by Gasteiger charge is -2.17. The first-order valence-electron chi connectivity index (χ1n) is 11.6. The van der Waals surface area contributed by atoms with Crippen LogP contribution in [-0.4, -0.2) is 22.2 Å². The van der Waals surface area contributed by atoms with Crippen molar-refractivity contribution in [3.63, 3.8) is 0 Å². The van der Waals surface area contributed by atoms with Crippen molar-refractivity contribution in [2.45, 2.75) is 20.8 Å². The number of benzene rings is 3. The molecule has 1 heterocycles. The third kappa shape index (κ3) is 5.36. The lowest BCUT2D eigenvalue weighted by atomic mass is 10.0. The van der Waals surface area contributed by atoms with Gasteiger partial charge in [0.05, 0.1) is 5.39 Å². The van der Waals surface area contributed by atoms with Crippen molar-refractivity contribution in [1.82, 2.24) is 15.1 Å². The number of aryl methyl sites for hydroxylation is 3. The molecule has 9 heteroatoms. The van der Waals surface area contributed by atoms with Crippen molar-refractivity contribution in [3.05, 3.63) is 93.4 Å². The number of anilines is 1. The van der Waals surface area contributed by atoms with Crippen LogP contribution in [-0.2, 0) is 7.05 Å². The van der Waals surface area contributed by atoms with Crippen LogP contribution in [0.25, 0.3) is 22.0 Å². The van der Waals surface area contributed by atoms with Crippen LogP contribution in [0.3, 0.4) is 0 Å². The van der Waals surface area contributed by atoms with Crippen molar-refractivity contribution in [2.75, 3.05) is 11.3 Å². The lowest BCUT2D eigenvalue weighted by molar-refractivity contribution is 0.0956. The minimum absolute atomic E-state index is 0.260. The van der Waals surface area contributed by atoms with E-state index in [2.05, 4.69) is 21.7 Å². The fourth-order valence-corrected chi connectivity index (χ4v) is 4.45. The molecule has 1 aromatic heterocycles. The number of nitrogens with one attached hydrogen (secondary N) is 2. The van der Waals surface area contributed by atoms with Crippen LogP contribution in [0.15, 0.2) is 65.3 Å². The Labute approximate surface area is 218 Å². The molecule has 4 aromatic rings. The molecule has 3 aromatic carbocycles. The summed E-state index contributed by atoms with van der Waals surface area (Å²) in [5, 5.41) is 9.92. The van der Waals surface area contributed by atoms with Gasteiger partial charge in [0, 0.05) is 35.8 Å². The number of rotatable bonds is 8. The van der Waals surface area contributed by atoms with Crippen LogP contribution >= 0.6 is 11.9 Å². The third-order valence-electron chi connectivity index (χ3n) is 5.78. The summed E-state index contributed by atoms with van der Waals surface area (Å²) >= 11 is 1.31. The molecular formula is C28H27FN4O3S. The molecule has 1 amide bonds. The normalized spacial score (nSPS) is 10.8. The zero-order valence-corrected chi connectivity index (χ0v) is 21.8. The number of hydrogen-bond acceptors (Lipinski definition) is 6. The monoisotopic (exact) mass is 518 g/mol. The average molecular weight is 519 g/mol. The molecule has 0 spiro atoms. The molecule has 37 heavy (non-hydrogen) atoms. The largest absolute Gasteiger partial charge is 0.456 e. The fourth-order valence-electron chi connectivity index (χ4n) is 4.10. The fraction of sp³-hybridized carbons (Fsp3) is 0.179. The minimum atomic E-state index is -0.336. The number of fused-ring (bicyclic) bond motifs is 1. The maximum Gasteiger partial charge on any atom is 0.274 e. The Balaban J connectivity index is 1.95. The van der Waals surface area contributed by atoms with E-state index in [0.29, 0.717) is 56.8 Å². The predicted molar refractivity (Wildman–Crippen MR) is 148 cm³/mol. The van der Waals surface area contributed by atoms with Gasteiger partial charge in [-0.25, -0.2) is 9.07 Å². The van der Waals surface area contributed by atoms with Crippen LogP contribution in [0.2, 0.25) is 0 Å². The topological polar surface area (TPSA) is 85.2 Å². The van der Waals surface area contributed by atoms with Gasteiger partial charge >= 0.3 is 0 Å². The predicted octanol–water partition coefficient (Wildman–Crippen LogP) is 6.10. The van der Waals surface area contributed by atoms with Crippen LogP contribution in [0.4, 0.5) is 10.1 Å². The van der Waals surface area contributed by atoms with Gasteiger partial charge in [-0.1, -0.05) is 12.6 Å². The molecule has 4 rings (SSSR count). The molecule has 0 radical (unpaired) electrons. The molecule has 7 nitrogen and oxygen atoms in total. The second kappa shape index (κ2) is 10.9. The van der Waals surface area contributed by atoms with E-state index in [1.165, 1.54) is 28.8 Å². The molecule has 190 valence electrons. The van der Waals surface area contributed by atoms with E-state index in [1.807, 2.05) is 19.1 Å². The van der Waals surface area contributed by atoms with E-state index in [-0.39, 0.29) is 17.3 Å². The number of amides is 1. The van der Waals surface area contributed by atoms with Gasteiger partial charge in [0.1, 0.15) is 23.0 Å². The maximum atomic E-state index is 13.9. The zero-order valence-electron chi connectivity index (χ0n) is 21.0. The number of carbonyl (C=O) groups excluding carboxylic acids is 1. The molecule has 0 saturated heterocycles. The van der Waals surface area contributed by atoms with Crippen LogP contribution in [0.5, 0.6) is 11.5 Å². The highest BCUT2D eigenvalue weighted by Gasteiger charge is 2.19. The van der Waals surface area contributed by atoms with E-state index in [0.717, 1.165) is 5.69 Å². The number of nitrogens with zero attached hydrogens (tertiary/aromatic N) is 2. The molecular weight excluding hydrogens is 491 g/mol. The van der Waals surface area contributed by atoms with E-state index in [4.69, 9.17) is 4.74 Å². The van der Waals surface area contributed by atoms with E-state index in [9.17, 15) is 14.0 Å². The summed E-state index contributed by atoms with van der Waals surface area (Å²) in [5.41, 5.74) is 3.24. The third-order valence-corrected chi connectivity index (χ3v) is 6.30. The Morgan fingerprint density at radius 1 is 1.14 bits per heavy atom. The summed E-state index contributed by atoms with van der Waals surface area (Å²) in [6, 6.07) is 13.3. The van der Waals surface area contributed by atoms with Gasteiger partial charge in [0.25, 0.3) is 11.5 Å². The SMILES string of the molecule is C=CSNc1ccc(Oc2c(C)cc(F)cc2C)c(-c2nn(C)c(=O)c3cc(C(=O)NCC)ccc23)c1. The Kier molecular flexibility index (Phi) is 7.63. The summed E-state index contributed by atoms with van der Waals surface area (Å²) in [6.07, 6.45) is 0. The molecule has 0 unspecified atom stereocenters. The Hall–Kier alpha value is -4.11. The lowest BCUT2D eigenvalue weighted by Crippen LogP contribution is -2.24. The summed E-state index contributed by atoms with van der Waals surface area (Å²) < 4.78 is 24.7. The number of carbonyl (C=O) groups is 1. The molecule has 0 aliphatic heterocycles. The number of aromatic nitrogens is 2. The smallest absolute Gasteiger partial charge is 0.274 e. The first kappa shape index (κ1) is 26.0. The molecule has 0 aliphatic carbocycles. The van der Waals surface area contributed by atoms with Crippen molar-refractivity contribution < 1.29 is 13.9 Å². The van der Waals surface area contributed by atoms with Crippen LogP contribution < -0.4 is 20.3 Å². The number of hydrogen-bond donors (Lipinski definition) is 2. The zero-order chi connectivity index (χ0) is 26.7. The Morgan fingerprint density at radius 3 is 2.54 bits per heavy atom.